The first-order valence-electron chi connectivity index (χ1n) is 9.52. The Morgan fingerprint density at radius 3 is 2.19 bits per heavy atom. The molecule has 0 spiro atoms. The first kappa shape index (κ1) is 18.4. The highest BCUT2D eigenvalue weighted by Crippen LogP contribution is 2.50. The second-order valence-electron chi connectivity index (χ2n) is 7.67. The van der Waals surface area contributed by atoms with E-state index in [4.69, 9.17) is 0 Å². The number of carbonyl (C=O) groups is 2. The topological polar surface area (TPSA) is 78.0 Å². The lowest BCUT2D eigenvalue weighted by molar-refractivity contribution is -0.160. The van der Waals surface area contributed by atoms with E-state index in [0.717, 1.165) is 24.8 Å². The molecule has 0 radical (unpaired) electrons. The van der Waals surface area contributed by atoms with Crippen LogP contribution in [0.4, 0.5) is 0 Å². The largest absolute Gasteiger partial charge is 0.292 e. The number of carbonyl (C=O) groups excluding carboxylic acids is 2. The molecule has 0 aromatic heterocycles. The summed E-state index contributed by atoms with van der Waals surface area (Å²) in [6.45, 7) is 2.03. The minimum atomic E-state index is -2.97. The molecule has 3 fully saturated rings. The fourth-order valence-corrected chi connectivity index (χ4v) is 5.30. The fourth-order valence-electron chi connectivity index (χ4n) is 4.02. The molecule has 7 nitrogen and oxygen atoms in total. The van der Waals surface area contributed by atoms with Gasteiger partial charge in [0.05, 0.1) is 23.5 Å². The minimum Gasteiger partial charge on any atom is -0.292 e. The van der Waals surface area contributed by atoms with Crippen LogP contribution in [0, 0.1) is 0 Å². The van der Waals surface area contributed by atoms with E-state index in [1.54, 1.807) is 10.0 Å². The van der Waals surface area contributed by atoms with Gasteiger partial charge in [0.15, 0.2) is 9.84 Å². The van der Waals surface area contributed by atoms with Gasteiger partial charge in [-0.25, -0.2) is 8.42 Å². The number of amides is 2. The second kappa shape index (κ2) is 6.91. The van der Waals surface area contributed by atoms with E-state index in [1.807, 2.05) is 35.2 Å². The van der Waals surface area contributed by atoms with Crippen molar-refractivity contribution in [3.8, 4) is 0 Å². The van der Waals surface area contributed by atoms with Crippen molar-refractivity contribution in [2.75, 3.05) is 44.2 Å². The van der Waals surface area contributed by atoms with Gasteiger partial charge < -0.3 is 0 Å². The highest BCUT2D eigenvalue weighted by molar-refractivity contribution is 7.91. The predicted octanol–water partition coefficient (Wildman–Crippen LogP) is 0.425. The van der Waals surface area contributed by atoms with Crippen LogP contribution in [0.25, 0.3) is 0 Å². The van der Waals surface area contributed by atoms with E-state index < -0.39 is 15.3 Å². The van der Waals surface area contributed by atoms with Gasteiger partial charge in [-0.1, -0.05) is 30.3 Å². The van der Waals surface area contributed by atoms with Gasteiger partial charge in [-0.05, 0) is 24.8 Å². The number of nitrogens with zero attached hydrogens (tertiary/aromatic N) is 3. The lowest BCUT2D eigenvalue weighted by Gasteiger charge is -2.33. The Balaban J connectivity index is 1.43. The van der Waals surface area contributed by atoms with E-state index in [0.29, 0.717) is 26.2 Å². The smallest absolute Gasteiger partial charge is 0.255 e. The molecule has 1 aromatic carbocycles. The highest BCUT2D eigenvalue weighted by atomic mass is 32.2. The number of sulfone groups is 1. The van der Waals surface area contributed by atoms with Crippen molar-refractivity contribution < 1.29 is 18.0 Å². The van der Waals surface area contributed by atoms with Gasteiger partial charge in [-0.3, -0.25) is 24.5 Å². The molecule has 0 atom stereocenters. The molecule has 2 heterocycles. The third-order valence-corrected chi connectivity index (χ3v) is 7.44. The number of hydrogen-bond acceptors (Lipinski definition) is 5. The molecule has 4 rings (SSSR count). The lowest BCUT2D eigenvalue weighted by atomic mass is 9.95. The van der Waals surface area contributed by atoms with Crippen molar-refractivity contribution in [2.45, 2.75) is 24.7 Å². The maximum atomic E-state index is 13.3. The molecule has 2 amide bonds. The van der Waals surface area contributed by atoms with Gasteiger partial charge in [0.2, 0.25) is 0 Å². The summed E-state index contributed by atoms with van der Waals surface area (Å²) in [5, 5.41) is 3.21. The molecule has 0 N–H and O–H groups in total. The third kappa shape index (κ3) is 3.60. The number of rotatable bonds is 4. The Morgan fingerprint density at radius 2 is 1.56 bits per heavy atom. The maximum absolute atomic E-state index is 13.3. The molecule has 0 unspecified atom stereocenters. The standard InChI is InChI=1S/C19H25N3O4S/c23-17(15-20-11-13-27(25,26)14-12-20)21-9-4-10-22(21)18(24)19(7-8-19)16-5-2-1-3-6-16/h1-3,5-6H,4,7-15H2. The summed E-state index contributed by atoms with van der Waals surface area (Å²) in [5.41, 5.74) is 0.541. The zero-order valence-electron chi connectivity index (χ0n) is 15.3. The van der Waals surface area contributed by atoms with Gasteiger partial charge in [0.1, 0.15) is 0 Å². The molecule has 0 bridgehead atoms. The summed E-state index contributed by atoms with van der Waals surface area (Å²) in [6.07, 6.45) is 2.41. The van der Waals surface area contributed by atoms with E-state index >= 15 is 0 Å². The zero-order chi connectivity index (χ0) is 19.1. The summed E-state index contributed by atoms with van der Waals surface area (Å²) >= 11 is 0. The zero-order valence-corrected chi connectivity index (χ0v) is 16.2. The van der Waals surface area contributed by atoms with E-state index in [1.165, 1.54) is 0 Å². The van der Waals surface area contributed by atoms with Crippen molar-refractivity contribution in [2.24, 2.45) is 0 Å². The van der Waals surface area contributed by atoms with E-state index in [2.05, 4.69) is 0 Å². The van der Waals surface area contributed by atoms with Crippen molar-refractivity contribution >= 4 is 21.7 Å². The van der Waals surface area contributed by atoms with Crippen molar-refractivity contribution in [1.82, 2.24) is 14.9 Å². The van der Waals surface area contributed by atoms with Crippen LogP contribution in [0.5, 0.6) is 0 Å². The normalized spacial score (nSPS) is 24.0. The molecular formula is C19H25N3O4S. The Bertz CT molecular complexity index is 822. The van der Waals surface area contributed by atoms with E-state index in [9.17, 15) is 18.0 Å². The van der Waals surface area contributed by atoms with Crippen LogP contribution in [0.15, 0.2) is 30.3 Å². The third-order valence-electron chi connectivity index (χ3n) is 5.84. The van der Waals surface area contributed by atoms with E-state index in [-0.39, 0.29) is 29.9 Å². The average Bonchev–Trinajstić information content (AvgIpc) is 3.33. The SMILES string of the molecule is O=C(CN1CCS(=O)(=O)CC1)N1CCCN1C(=O)C1(c2ccccc2)CC1. The monoisotopic (exact) mass is 391 g/mol. The van der Waals surface area contributed by atoms with Crippen LogP contribution in [-0.2, 0) is 24.8 Å². The molecule has 27 heavy (non-hydrogen) atoms. The Hall–Kier alpha value is -1.93. The maximum Gasteiger partial charge on any atom is 0.255 e. The van der Waals surface area contributed by atoms with Crippen molar-refractivity contribution in [1.29, 1.82) is 0 Å². The summed E-state index contributed by atoms with van der Waals surface area (Å²) < 4.78 is 23.1. The first-order chi connectivity index (χ1) is 12.9. The van der Waals surface area contributed by atoms with Crippen LogP contribution in [0.3, 0.4) is 0 Å². The molecule has 3 aliphatic rings. The molecule has 1 saturated carbocycles. The van der Waals surface area contributed by atoms with Crippen LogP contribution in [0.1, 0.15) is 24.8 Å². The Kier molecular flexibility index (Phi) is 4.71. The number of benzene rings is 1. The Labute approximate surface area is 159 Å². The molecular weight excluding hydrogens is 366 g/mol. The summed E-state index contributed by atoms with van der Waals surface area (Å²) in [6, 6.07) is 9.80. The molecule has 2 aliphatic heterocycles. The van der Waals surface area contributed by atoms with Crippen molar-refractivity contribution in [3.05, 3.63) is 35.9 Å². The van der Waals surface area contributed by atoms with Gasteiger partial charge in [0.25, 0.3) is 11.8 Å². The average molecular weight is 391 g/mol. The number of hydrogen-bond donors (Lipinski definition) is 0. The molecule has 1 aromatic rings. The lowest BCUT2D eigenvalue weighted by Crippen LogP contribution is -2.53. The quantitative estimate of drug-likeness (QED) is 0.744. The second-order valence-corrected chi connectivity index (χ2v) is 9.98. The molecule has 1 aliphatic carbocycles. The van der Waals surface area contributed by atoms with Gasteiger partial charge in [0, 0.05) is 26.2 Å². The van der Waals surface area contributed by atoms with Gasteiger partial charge >= 0.3 is 0 Å². The van der Waals surface area contributed by atoms with Gasteiger partial charge in [-0.15, -0.1) is 0 Å². The summed E-state index contributed by atoms with van der Waals surface area (Å²) in [4.78, 5) is 27.9. The van der Waals surface area contributed by atoms with Gasteiger partial charge in [-0.2, -0.15) is 0 Å². The summed E-state index contributed by atoms with van der Waals surface area (Å²) in [5.74, 6) is 0.0878. The predicted molar refractivity (Wildman–Crippen MR) is 100 cm³/mol. The van der Waals surface area contributed by atoms with Crippen molar-refractivity contribution in [3.63, 3.8) is 0 Å². The summed E-state index contributed by atoms with van der Waals surface area (Å²) in [7, 11) is -2.97. The fraction of sp³-hybridized carbons (Fsp3) is 0.579. The highest BCUT2D eigenvalue weighted by Gasteiger charge is 2.54. The van der Waals surface area contributed by atoms with Crippen LogP contribution in [0.2, 0.25) is 0 Å². The van der Waals surface area contributed by atoms with Crippen LogP contribution in [-0.4, -0.2) is 79.4 Å². The van der Waals surface area contributed by atoms with Crippen LogP contribution >= 0.6 is 0 Å². The number of hydrazine groups is 1. The molecule has 146 valence electrons. The van der Waals surface area contributed by atoms with Crippen LogP contribution < -0.4 is 0 Å². The Morgan fingerprint density at radius 1 is 0.926 bits per heavy atom. The molecule has 8 heteroatoms. The first-order valence-corrected chi connectivity index (χ1v) is 11.3. The molecule has 2 saturated heterocycles. The minimum absolute atomic E-state index is 0.0146.